The fourth-order valence-electron chi connectivity index (χ4n) is 0.854. The monoisotopic (exact) mass is 243 g/mol. The topological polar surface area (TPSA) is 51.8 Å². The smallest absolute Gasteiger partial charge is 0.146 e. The third-order valence-corrected chi connectivity index (χ3v) is 4.00. The minimum Gasteiger partial charge on any atom is -0.382 e. The highest BCUT2D eigenvalue weighted by molar-refractivity contribution is 8.01. The molecule has 0 fully saturated rings. The fourth-order valence-corrected chi connectivity index (χ4v) is 2.74. The summed E-state index contributed by atoms with van der Waals surface area (Å²) in [6.07, 6.45) is 1.41. The summed E-state index contributed by atoms with van der Waals surface area (Å²) in [7, 11) is 0. The first kappa shape index (κ1) is 9.76. The fraction of sp³-hybridized carbons (Fsp3) is 0. The molecule has 0 bridgehead atoms. The van der Waals surface area contributed by atoms with E-state index in [9.17, 15) is 0 Å². The van der Waals surface area contributed by atoms with E-state index in [1.54, 1.807) is 11.3 Å². The third-order valence-electron chi connectivity index (χ3n) is 1.48. The Morgan fingerprint density at radius 2 is 2.29 bits per heavy atom. The standard InChI is InChI=1S/C8H6ClN3S2/c9-6-7(10)11-4-12-8(6)14-5-2-1-3-13-5/h1-4H,(H2,10,11,12). The number of hydrogen-bond donors (Lipinski definition) is 1. The summed E-state index contributed by atoms with van der Waals surface area (Å²) in [6, 6.07) is 3.98. The van der Waals surface area contributed by atoms with Crippen LogP contribution in [-0.2, 0) is 0 Å². The lowest BCUT2D eigenvalue weighted by Gasteiger charge is -2.01. The van der Waals surface area contributed by atoms with E-state index in [4.69, 9.17) is 17.3 Å². The second-order valence-corrected chi connectivity index (χ2v) is 5.03. The highest BCUT2D eigenvalue weighted by Crippen LogP contribution is 2.35. The molecule has 3 nitrogen and oxygen atoms in total. The molecule has 72 valence electrons. The number of aromatic nitrogens is 2. The predicted molar refractivity (Wildman–Crippen MR) is 59.9 cm³/mol. The van der Waals surface area contributed by atoms with Crippen LogP contribution in [0.2, 0.25) is 5.02 Å². The van der Waals surface area contributed by atoms with Crippen molar-refractivity contribution in [2.75, 3.05) is 5.73 Å². The van der Waals surface area contributed by atoms with Crippen LogP contribution < -0.4 is 5.73 Å². The van der Waals surface area contributed by atoms with Crippen LogP contribution in [0.4, 0.5) is 5.82 Å². The van der Waals surface area contributed by atoms with Gasteiger partial charge in [0.25, 0.3) is 0 Å². The van der Waals surface area contributed by atoms with Crippen molar-refractivity contribution in [1.29, 1.82) is 0 Å². The average Bonchev–Trinajstić information content (AvgIpc) is 2.66. The Kier molecular flexibility index (Phi) is 2.90. The first-order valence-corrected chi connectivity index (χ1v) is 5.82. The molecule has 0 radical (unpaired) electrons. The highest BCUT2D eigenvalue weighted by atomic mass is 35.5. The SMILES string of the molecule is Nc1ncnc(Sc2cccs2)c1Cl. The van der Waals surface area contributed by atoms with Crippen molar-refractivity contribution in [2.24, 2.45) is 0 Å². The van der Waals surface area contributed by atoms with Gasteiger partial charge >= 0.3 is 0 Å². The van der Waals surface area contributed by atoms with Crippen LogP contribution in [0.5, 0.6) is 0 Å². The van der Waals surface area contributed by atoms with Gasteiger partial charge in [-0.2, -0.15) is 0 Å². The number of nitrogens with zero attached hydrogens (tertiary/aromatic N) is 2. The summed E-state index contributed by atoms with van der Waals surface area (Å²) < 4.78 is 1.13. The summed E-state index contributed by atoms with van der Waals surface area (Å²) in [5, 5.41) is 3.12. The van der Waals surface area contributed by atoms with Gasteiger partial charge in [0.05, 0.1) is 4.21 Å². The van der Waals surface area contributed by atoms with Crippen molar-refractivity contribution in [3.8, 4) is 0 Å². The van der Waals surface area contributed by atoms with Gasteiger partial charge in [0.15, 0.2) is 0 Å². The van der Waals surface area contributed by atoms with Crippen LogP contribution in [-0.4, -0.2) is 9.97 Å². The van der Waals surface area contributed by atoms with Crippen molar-refractivity contribution in [3.63, 3.8) is 0 Å². The molecule has 0 atom stereocenters. The van der Waals surface area contributed by atoms with Crippen LogP contribution >= 0.6 is 34.7 Å². The average molecular weight is 244 g/mol. The van der Waals surface area contributed by atoms with Gasteiger partial charge in [-0.15, -0.1) is 11.3 Å². The lowest BCUT2D eigenvalue weighted by atomic mass is 10.6. The molecule has 0 unspecified atom stereocenters. The van der Waals surface area contributed by atoms with Gasteiger partial charge in [0.2, 0.25) is 0 Å². The Balaban J connectivity index is 2.29. The molecule has 0 saturated heterocycles. The van der Waals surface area contributed by atoms with E-state index in [0.29, 0.717) is 15.9 Å². The zero-order chi connectivity index (χ0) is 9.97. The third kappa shape index (κ3) is 2.00. The molecular formula is C8H6ClN3S2. The Labute approximate surface area is 94.3 Å². The second-order valence-electron chi connectivity index (χ2n) is 2.41. The molecule has 6 heteroatoms. The maximum Gasteiger partial charge on any atom is 0.146 e. The molecule has 2 aromatic rings. The number of hydrogen-bond acceptors (Lipinski definition) is 5. The molecule has 0 aromatic carbocycles. The summed E-state index contributed by atoms with van der Waals surface area (Å²) in [6.45, 7) is 0. The van der Waals surface area contributed by atoms with Gasteiger partial charge in [0, 0.05) is 0 Å². The number of nitrogen functional groups attached to an aromatic ring is 1. The first-order chi connectivity index (χ1) is 6.77. The molecule has 2 heterocycles. The number of anilines is 1. The zero-order valence-corrected chi connectivity index (χ0v) is 9.36. The highest BCUT2D eigenvalue weighted by Gasteiger charge is 2.08. The van der Waals surface area contributed by atoms with Crippen LogP contribution in [0.25, 0.3) is 0 Å². The first-order valence-electron chi connectivity index (χ1n) is 3.74. The quantitative estimate of drug-likeness (QED) is 0.824. The van der Waals surface area contributed by atoms with E-state index in [1.807, 2.05) is 17.5 Å². The molecule has 2 N–H and O–H groups in total. The predicted octanol–water partition coefficient (Wildman–Crippen LogP) is 2.92. The van der Waals surface area contributed by atoms with Crippen LogP contribution in [0.1, 0.15) is 0 Å². The molecule has 0 aliphatic carbocycles. The van der Waals surface area contributed by atoms with Gasteiger partial charge in [-0.05, 0) is 11.4 Å². The molecule has 0 aliphatic rings. The van der Waals surface area contributed by atoms with Gasteiger partial charge in [-0.25, -0.2) is 9.97 Å². The van der Waals surface area contributed by atoms with E-state index in [0.717, 1.165) is 4.21 Å². The number of thiophene rings is 1. The van der Waals surface area contributed by atoms with Crippen molar-refractivity contribution in [2.45, 2.75) is 9.24 Å². The minimum absolute atomic E-state index is 0.320. The molecule has 2 aromatic heterocycles. The van der Waals surface area contributed by atoms with E-state index < -0.39 is 0 Å². The molecule has 0 saturated carbocycles. The Bertz CT molecular complexity index is 430. The van der Waals surface area contributed by atoms with Gasteiger partial charge in [-0.1, -0.05) is 29.4 Å². The maximum absolute atomic E-state index is 5.94. The largest absolute Gasteiger partial charge is 0.382 e. The Hall–Kier alpha value is -0.780. The van der Waals surface area contributed by atoms with Crippen molar-refractivity contribution >= 4 is 40.5 Å². The summed E-state index contributed by atoms with van der Waals surface area (Å²) in [4.78, 5) is 7.85. The molecule has 0 amide bonds. The molecule has 2 rings (SSSR count). The normalized spacial score (nSPS) is 10.4. The summed E-state index contributed by atoms with van der Waals surface area (Å²) in [5.74, 6) is 0.320. The lowest BCUT2D eigenvalue weighted by molar-refractivity contribution is 1.06. The second kappa shape index (κ2) is 4.16. The van der Waals surface area contributed by atoms with E-state index in [-0.39, 0.29) is 0 Å². The van der Waals surface area contributed by atoms with Crippen molar-refractivity contribution in [1.82, 2.24) is 9.97 Å². The Morgan fingerprint density at radius 3 is 3.00 bits per heavy atom. The van der Waals surface area contributed by atoms with Crippen molar-refractivity contribution in [3.05, 3.63) is 28.9 Å². The zero-order valence-electron chi connectivity index (χ0n) is 6.98. The molecule has 0 aliphatic heterocycles. The van der Waals surface area contributed by atoms with Gasteiger partial charge in [-0.3, -0.25) is 0 Å². The molecule has 14 heavy (non-hydrogen) atoms. The number of nitrogens with two attached hydrogens (primary N) is 1. The van der Waals surface area contributed by atoms with Crippen LogP contribution in [0.15, 0.2) is 33.1 Å². The Morgan fingerprint density at radius 1 is 1.43 bits per heavy atom. The van der Waals surface area contributed by atoms with Crippen LogP contribution in [0.3, 0.4) is 0 Å². The summed E-state index contributed by atoms with van der Waals surface area (Å²) in [5.41, 5.74) is 5.56. The van der Waals surface area contributed by atoms with Crippen molar-refractivity contribution < 1.29 is 0 Å². The molecule has 0 spiro atoms. The molecular weight excluding hydrogens is 238 g/mol. The van der Waals surface area contributed by atoms with E-state index in [1.165, 1.54) is 18.1 Å². The van der Waals surface area contributed by atoms with Crippen LogP contribution in [0, 0.1) is 0 Å². The minimum atomic E-state index is 0.320. The number of rotatable bonds is 2. The van der Waals surface area contributed by atoms with Gasteiger partial charge in [0.1, 0.15) is 22.2 Å². The van der Waals surface area contributed by atoms with E-state index in [2.05, 4.69) is 9.97 Å². The maximum atomic E-state index is 5.94. The number of halogens is 1. The lowest BCUT2D eigenvalue weighted by Crippen LogP contribution is -1.93. The summed E-state index contributed by atoms with van der Waals surface area (Å²) >= 11 is 9.07. The van der Waals surface area contributed by atoms with Gasteiger partial charge < -0.3 is 5.73 Å². The van der Waals surface area contributed by atoms with E-state index >= 15 is 0 Å².